The van der Waals surface area contributed by atoms with Crippen LogP contribution in [-0.2, 0) is 11.2 Å². The van der Waals surface area contributed by atoms with Crippen molar-refractivity contribution in [3.05, 3.63) is 87.2 Å². The molecule has 0 aliphatic carbocycles. The molecule has 0 aromatic heterocycles. The van der Waals surface area contributed by atoms with E-state index in [9.17, 15) is 0 Å². The van der Waals surface area contributed by atoms with Crippen LogP contribution in [0.2, 0.25) is 0 Å². The Morgan fingerprint density at radius 1 is 1.10 bits per heavy atom. The number of hydrogen-bond acceptors (Lipinski definition) is 1. The number of rotatable bonds is 3. The summed E-state index contributed by atoms with van der Waals surface area (Å²) < 4.78 is 7.55. The predicted octanol–water partition coefficient (Wildman–Crippen LogP) is 5.08. The smallest absolute Gasteiger partial charge is 0.0908 e. The fraction of sp³-hybridized carbons (Fsp3) is 0.211. The topological polar surface area (TPSA) is 9.23 Å². The molecule has 0 N–H and O–H groups in total. The van der Waals surface area contributed by atoms with Crippen molar-refractivity contribution in [1.29, 1.82) is 0 Å². The Labute approximate surface area is 139 Å². The quantitative estimate of drug-likeness (QED) is 0.527. The van der Waals surface area contributed by atoms with E-state index in [4.69, 9.17) is 4.74 Å². The van der Waals surface area contributed by atoms with Gasteiger partial charge in [-0.2, -0.15) is 0 Å². The zero-order chi connectivity index (χ0) is 14.7. The molecule has 0 spiro atoms. The van der Waals surface area contributed by atoms with E-state index in [2.05, 4.69) is 83.4 Å². The van der Waals surface area contributed by atoms with Gasteiger partial charge >= 0.3 is 0 Å². The highest BCUT2D eigenvalue weighted by atomic mass is 127. The Morgan fingerprint density at radius 2 is 1.81 bits per heavy atom. The van der Waals surface area contributed by atoms with Crippen LogP contribution < -0.4 is 0 Å². The summed E-state index contributed by atoms with van der Waals surface area (Å²) in [5.74, 6) is 0. The van der Waals surface area contributed by atoms with Gasteiger partial charge < -0.3 is 4.74 Å². The molecule has 1 nitrogen and oxygen atoms in total. The molecule has 1 aliphatic rings. The molecule has 3 rings (SSSR count). The highest BCUT2D eigenvalue weighted by Crippen LogP contribution is 2.37. The van der Waals surface area contributed by atoms with Crippen LogP contribution in [0.3, 0.4) is 0 Å². The lowest BCUT2D eigenvalue weighted by atomic mass is 9.99. The predicted molar refractivity (Wildman–Crippen MR) is 94.2 cm³/mol. The first-order valence-corrected chi connectivity index (χ1v) is 8.18. The Bertz CT molecular complexity index is 671. The van der Waals surface area contributed by atoms with Gasteiger partial charge in [0.25, 0.3) is 0 Å². The van der Waals surface area contributed by atoms with Gasteiger partial charge in [0.05, 0.1) is 12.2 Å². The van der Waals surface area contributed by atoms with E-state index in [-0.39, 0.29) is 12.2 Å². The second-order valence-corrected chi connectivity index (χ2v) is 6.39. The molecule has 1 heterocycles. The highest BCUT2D eigenvalue weighted by Gasteiger charge is 2.31. The van der Waals surface area contributed by atoms with E-state index in [1.165, 1.54) is 20.3 Å². The molecule has 1 saturated heterocycles. The zero-order valence-electron chi connectivity index (χ0n) is 11.8. The van der Waals surface area contributed by atoms with Crippen LogP contribution in [0.1, 0.15) is 23.7 Å². The van der Waals surface area contributed by atoms with E-state index >= 15 is 0 Å². The molecule has 2 aromatic carbocycles. The van der Waals surface area contributed by atoms with Gasteiger partial charge in [-0.05, 0) is 39.8 Å². The zero-order valence-corrected chi connectivity index (χ0v) is 13.9. The number of ether oxygens (including phenoxy) is 1. The van der Waals surface area contributed by atoms with Crippen LogP contribution in [-0.4, -0.2) is 6.10 Å². The van der Waals surface area contributed by atoms with Crippen molar-refractivity contribution in [1.82, 2.24) is 0 Å². The fourth-order valence-corrected chi connectivity index (χ4v) is 3.35. The molecule has 21 heavy (non-hydrogen) atoms. The Balaban J connectivity index is 1.80. The summed E-state index contributed by atoms with van der Waals surface area (Å²) in [4.78, 5) is 0. The molecule has 0 bridgehead atoms. The summed E-state index contributed by atoms with van der Waals surface area (Å²) in [5, 5.41) is 0. The Hall–Kier alpha value is -1.35. The molecule has 0 unspecified atom stereocenters. The normalized spacial score (nSPS) is 21.3. The molecule has 2 aromatic rings. The summed E-state index contributed by atoms with van der Waals surface area (Å²) in [7, 11) is 0. The van der Waals surface area contributed by atoms with Crippen LogP contribution in [0.4, 0.5) is 0 Å². The van der Waals surface area contributed by atoms with E-state index < -0.39 is 0 Å². The number of halogens is 1. The SMILES string of the molecule is C=C=C1C[C@@H](c2ccccc2)O[C@H]1Cc1ccccc1I. The van der Waals surface area contributed by atoms with Crippen LogP contribution in [0.15, 0.2) is 72.5 Å². The minimum atomic E-state index is 0.0867. The average molecular weight is 388 g/mol. The van der Waals surface area contributed by atoms with E-state index in [0.717, 1.165) is 12.8 Å². The van der Waals surface area contributed by atoms with Gasteiger partial charge in [-0.1, -0.05) is 55.1 Å². The maximum Gasteiger partial charge on any atom is 0.0908 e. The van der Waals surface area contributed by atoms with Gasteiger partial charge in [-0.25, -0.2) is 0 Å². The third-order valence-corrected chi connectivity index (χ3v) is 4.94. The van der Waals surface area contributed by atoms with E-state index in [1.54, 1.807) is 0 Å². The minimum Gasteiger partial charge on any atom is -0.365 e. The molecule has 2 atom stereocenters. The Morgan fingerprint density at radius 3 is 2.52 bits per heavy atom. The molecule has 106 valence electrons. The van der Waals surface area contributed by atoms with Crippen molar-refractivity contribution < 1.29 is 4.74 Å². The lowest BCUT2D eigenvalue weighted by Crippen LogP contribution is -2.12. The molecule has 0 radical (unpaired) electrons. The molecular formula is C19H17IO. The van der Waals surface area contributed by atoms with Crippen LogP contribution >= 0.6 is 22.6 Å². The first kappa shape index (κ1) is 14.6. The lowest BCUT2D eigenvalue weighted by Gasteiger charge is -2.14. The van der Waals surface area contributed by atoms with Gasteiger partial charge in [0.1, 0.15) is 0 Å². The molecule has 0 saturated carbocycles. The summed E-state index contributed by atoms with van der Waals surface area (Å²) >= 11 is 2.38. The van der Waals surface area contributed by atoms with Crippen molar-refractivity contribution in [2.24, 2.45) is 0 Å². The van der Waals surface area contributed by atoms with Gasteiger partial charge in [-0.3, -0.25) is 0 Å². The summed E-state index contributed by atoms with van der Waals surface area (Å²) in [6.07, 6.45) is 1.99. The van der Waals surface area contributed by atoms with Crippen molar-refractivity contribution >= 4 is 22.6 Å². The highest BCUT2D eigenvalue weighted by molar-refractivity contribution is 14.1. The van der Waals surface area contributed by atoms with Crippen LogP contribution in [0.5, 0.6) is 0 Å². The van der Waals surface area contributed by atoms with Crippen molar-refractivity contribution in [3.63, 3.8) is 0 Å². The standard InChI is InChI=1S/C19H17IO/c1-2-14-12-19(15-8-4-3-5-9-15)21-18(14)13-16-10-6-7-11-17(16)20/h3-11,18-19H,1,12-13H2/t18-,19-/m0/s1. The number of hydrogen-bond donors (Lipinski definition) is 0. The molecular weight excluding hydrogens is 371 g/mol. The van der Waals surface area contributed by atoms with E-state index in [1.807, 2.05) is 6.07 Å². The van der Waals surface area contributed by atoms with Crippen LogP contribution in [0.25, 0.3) is 0 Å². The summed E-state index contributed by atoms with van der Waals surface area (Å²) in [5.41, 5.74) is 6.83. The van der Waals surface area contributed by atoms with Gasteiger partial charge in [-0.15, -0.1) is 5.73 Å². The van der Waals surface area contributed by atoms with Crippen molar-refractivity contribution in [2.75, 3.05) is 0 Å². The third kappa shape index (κ3) is 3.29. The van der Waals surface area contributed by atoms with Crippen molar-refractivity contribution in [3.8, 4) is 0 Å². The maximum atomic E-state index is 6.27. The molecule has 0 amide bonds. The fourth-order valence-electron chi connectivity index (χ4n) is 2.74. The summed E-state index contributed by atoms with van der Waals surface area (Å²) in [6, 6.07) is 18.9. The monoisotopic (exact) mass is 388 g/mol. The molecule has 1 fully saturated rings. The van der Waals surface area contributed by atoms with E-state index in [0.29, 0.717) is 0 Å². The van der Waals surface area contributed by atoms with Gasteiger partial charge in [0.15, 0.2) is 0 Å². The molecule has 2 heteroatoms. The first-order valence-electron chi connectivity index (χ1n) is 7.10. The Kier molecular flexibility index (Phi) is 4.59. The van der Waals surface area contributed by atoms with Crippen molar-refractivity contribution in [2.45, 2.75) is 25.0 Å². The van der Waals surface area contributed by atoms with Crippen LogP contribution in [0, 0.1) is 3.57 Å². The second kappa shape index (κ2) is 6.61. The number of benzene rings is 2. The molecule has 1 aliphatic heterocycles. The average Bonchev–Trinajstić information content (AvgIpc) is 2.93. The summed E-state index contributed by atoms with van der Waals surface area (Å²) in [6.45, 7) is 3.84. The second-order valence-electron chi connectivity index (χ2n) is 5.23. The third-order valence-electron chi connectivity index (χ3n) is 3.88. The lowest BCUT2D eigenvalue weighted by molar-refractivity contribution is 0.0523. The maximum absolute atomic E-state index is 6.27. The first-order chi connectivity index (χ1) is 10.3. The van der Waals surface area contributed by atoms with Gasteiger partial charge in [0, 0.05) is 22.0 Å². The largest absolute Gasteiger partial charge is 0.365 e. The minimum absolute atomic E-state index is 0.0867. The van der Waals surface area contributed by atoms with Gasteiger partial charge in [0.2, 0.25) is 0 Å².